The lowest BCUT2D eigenvalue weighted by molar-refractivity contribution is 0.104. The number of hydrogen-bond acceptors (Lipinski definition) is 2. The van der Waals surface area contributed by atoms with Crippen molar-refractivity contribution in [2.24, 2.45) is 0 Å². The fourth-order valence-corrected chi connectivity index (χ4v) is 1.74. The standard InChI is InChI=1S/C16H15NO/c1-12-5-6-13(2)15(10-12)16(18)8-7-14-4-3-9-17-11-14/h3-11H,1-2H3/b8-7+. The third-order valence-electron chi connectivity index (χ3n) is 2.77. The van der Waals surface area contributed by atoms with Gasteiger partial charge in [-0.1, -0.05) is 23.8 Å². The van der Waals surface area contributed by atoms with Gasteiger partial charge in [-0.15, -0.1) is 0 Å². The Hall–Kier alpha value is -2.22. The number of nitrogens with zero attached hydrogens (tertiary/aromatic N) is 1. The molecule has 0 aliphatic heterocycles. The summed E-state index contributed by atoms with van der Waals surface area (Å²) in [5, 5.41) is 0. The molecule has 2 aromatic rings. The molecule has 0 fully saturated rings. The molecule has 0 unspecified atom stereocenters. The Morgan fingerprint density at radius 1 is 1.22 bits per heavy atom. The van der Waals surface area contributed by atoms with Gasteiger partial charge >= 0.3 is 0 Å². The maximum atomic E-state index is 12.1. The quantitative estimate of drug-likeness (QED) is 0.603. The van der Waals surface area contributed by atoms with E-state index in [1.807, 2.05) is 44.2 Å². The van der Waals surface area contributed by atoms with Crippen LogP contribution in [0, 0.1) is 13.8 Å². The normalized spacial score (nSPS) is 10.8. The lowest BCUT2D eigenvalue weighted by atomic mass is 10.0. The van der Waals surface area contributed by atoms with Crippen LogP contribution in [0.5, 0.6) is 0 Å². The van der Waals surface area contributed by atoms with Gasteiger partial charge in [0.2, 0.25) is 0 Å². The summed E-state index contributed by atoms with van der Waals surface area (Å²) < 4.78 is 0. The second kappa shape index (κ2) is 5.41. The molecule has 0 atom stereocenters. The first-order valence-corrected chi connectivity index (χ1v) is 5.86. The van der Waals surface area contributed by atoms with E-state index in [-0.39, 0.29) is 5.78 Å². The molecule has 0 spiro atoms. The molecule has 1 heterocycles. The molecule has 1 aromatic carbocycles. The number of benzene rings is 1. The lowest BCUT2D eigenvalue weighted by Crippen LogP contribution is -1.98. The molecular weight excluding hydrogens is 222 g/mol. The van der Waals surface area contributed by atoms with E-state index in [0.717, 1.165) is 22.3 Å². The summed E-state index contributed by atoms with van der Waals surface area (Å²) >= 11 is 0. The summed E-state index contributed by atoms with van der Waals surface area (Å²) in [5.74, 6) is 0.0278. The molecule has 90 valence electrons. The zero-order chi connectivity index (χ0) is 13.0. The first-order valence-electron chi connectivity index (χ1n) is 5.86. The Morgan fingerprint density at radius 3 is 2.78 bits per heavy atom. The number of pyridine rings is 1. The van der Waals surface area contributed by atoms with Crippen molar-refractivity contribution in [2.45, 2.75) is 13.8 Å². The number of carbonyl (C=O) groups excluding carboxylic acids is 1. The predicted molar refractivity (Wildman–Crippen MR) is 73.5 cm³/mol. The first-order chi connectivity index (χ1) is 8.66. The lowest BCUT2D eigenvalue weighted by Gasteiger charge is -2.02. The molecule has 0 saturated carbocycles. The largest absolute Gasteiger partial charge is 0.289 e. The molecule has 0 saturated heterocycles. The zero-order valence-corrected chi connectivity index (χ0v) is 10.6. The number of ketones is 1. The van der Waals surface area contributed by atoms with Gasteiger partial charge in [0.05, 0.1) is 0 Å². The average Bonchev–Trinajstić information content (AvgIpc) is 2.40. The van der Waals surface area contributed by atoms with Gasteiger partial charge in [0.1, 0.15) is 0 Å². The maximum Gasteiger partial charge on any atom is 0.186 e. The zero-order valence-electron chi connectivity index (χ0n) is 10.6. The highest BCUT2D eigenvalue weighted by atomic mass is 16.1. The minimum atomic E-state index is 0.0278. The minimum absolute atomic E-state index is 0.0278. The molecule has 2 nitrogen and oxygen atoms in total. The number of aromatic nitrogens is 1. The number of rotatable bonds is 3. The minimum Gasteiger partial charge on any atom is -0.289 e. The second-order valence-corrected chi connectivity index (χ2v) is 4.30. The molecule has 2 rings (SSSR count). The molecule has 0 bridgehead atoms. The highest BCUT2D eigenvalue weighted by Gasteiger charge is 2.05. The van der Waals surface area contributed by atoms with Gasteiger partial charge in [0.15, 0.2) is 5.78 Å². The Kier molecular flexibility index (Phi) is 3.68. The van der Waals surface area contributed by atoms with Crippen molar-refractivity contribution in [1.82, 2.24) is 4.98 Å². The predicted octanol–water partition coefficient (Wildman–Crippen LogP) is 3.59. The van der Waals surface area contributed by atoms with Crippen molar-refractivity contribution in [1.29, 1.82) is 0 Å². The number of allylic oxidation sites excluding steroid dienone is 1. The maximum absolute atomic E-state index is 12.1. The molecule has 0 N–H and O–H groups in total. The van der Waals surface area contributed by atoms with E-state index in [1.165, 1.54) is 0 Å². The molecule has 18 heavy (non-hydrogen) atoms. The third kappa shape index (κ3) is 2.92. The van der Waals surface area contributed by atoms with Gasteiger partial charge in [-0.25, -0.2) is 0 Å². The van der Waals surface area contributed by atoms with E-state index < -0.39 is 0 Å². The van der Waals surface area contributed by atoms with Crippen LogP contribution in [0.3, 0.4) is 0 Å². The van der Waals surface area contributed by atoms with Crippen molar-refractivity contribution in [2.75, 3.05) is 0 Å². The molecule has 0 amide bonds. The molecule has 1 aromatic heterocycles. The first kappa shape index (κ1) is 12.2. The smallest absolute Gasteiger partial charge is 0.186 e. The van der Waals surface area contributed by atoms with Crippen LogP contribution in [0.4, 0.5) is 0 Å². The molecule has 0 aliphatic rings. The van der Waals surface area contributed by atoms with Crippen LogP contribution in [-0.4, -0.2) is 10.8 Å². The highest BCUT2D eigenvalue weighted by molar-refractivity contribution is 6.07. The van der Waals surface area contributed by atoms with Crippen molar-refractivity contribution < 1.29 is 4.79 Å². The Labute approximate surface area is 107 Å². The summed E-state index contributed by atoms with van der Waals surface area (Å²) in [7, 11) is 0. The van der Waals surface area contributed by atoms with Crippen molar-refractivity contribution >= 4 is 11.9 Å². The highest BCUT2D eigenvalue weighted by Crippen LogP contribution is 2.12. The van der Waals surface area contributed by atoms with Crippen LogP contribution in [0.25, 0.3) is 6.08 Å². The van der Waals surface area contributed by atoms with E-state index in [2.05, 4.69) is 4.98 Å². The molecule has 0 radical (unpaired) electrons. The van der Waals surface area contributed by atoms with Crippen LogP contribution in [0.2, 0.25) is 0 Å². The van der Waals surface area contributed by atoms with Crippen LogP contribution in [-0.2, 0) is 0 Å². The van der Waals surface area contributed by atoms with Crippen molar-refractivity contribution in [3.8, 4) is 0 Å². The van der Waals surface area contributed by atoms with E-state index in [1.54, 1.807) is 24.5 Å². The summed E-state index contributed by atoms with van der Waals surface area (Å²) in [6, 6.07) is 9.67. The molecule has 2 heteroatoms. The Balaban J connectivity index is 2.22. The van der Waals surface area contributed by atoms with Crippen molar-refractivity contribution in [3.05, 3.63) is 71.1 Å². The molecule has 0 aliphatic carbocycles. The summed E-state index contributed by atoms with van der Waals surface area (Å²) in [6.45, 7) is 3.94. The fraction of sp³-hybridized carbons (Fsp3) is 0.125. The third-order valence-corrected chi connectivity index (χ3v) is 2.77. The van der Waals surface area contributed by atoms with Crippen LogP contribution in [0.1, 0.15) is 27.0 Å². The summed E-state index contributed by atoms with van der Waals surface area (Å²) in [4.78, 5) is 16.1. The second-order valence-electron chi connectivity index (χ2n) is 4.30. The van der Waals surface area contributed by atoms with Gasteiger partial charge in [-0.2, -0.15) is 0 Å². The number of hydrogen-bond donors (Lipinski definition) is 0. The van der Waals surface area contributed by atoms with Crippen LogP contribution in [0.15, 0.2) is 48.8 Å². The Morgan fingerprint density at radius 2 is 2.06 bits per heavy atom. The van der Waals surface area contributed by atoms with E-state index in [0.29, 0.717) is 0 Å². The van der Waals surface area contributed by atoms with Crippen LogP contribution >= 0.6 is 0 Å². The van der Waals surface area contributed by atoms with E-state index in [4.69, 9.17) is 0 Å². The monoisotopic (exact) mass is 237 g/mol. The van der Waals surface area contributed by atoms with Crippen LogP contribution < -0.4 is 0 Å². The van der Waals surface area contributed by atoms with Gasteiger partial charge in [-0.3, -0.25) is 9.78 Å². The molecular formula is C16H15NO. The van der Waals surface area contributed by atoms with Gasteiger partial charge < -0.3 is 0 Å². The van der Waals surface area contributed by atoms with Gasteiger partial charge in [0.25, 0.3) is 0 Å². The topological polar surface area (TPSA) is 30.0 Å². The number of carbonyl (C=O) groups is 1. The average molecular weight is 237 g/mol. The SMILES string of the molecule is Cc1ccc(C)c(C(=O)/C=C/c2cccnc2)c1. The number of aryl methyl sites for hydroxylation is 2. The fourth-order valence-electron chi connectivity index (χ4n) is 1.74. The van der Waals surface area contributed by atoms with Crippen molar-refractivity contribution in [3.63, 3.8) is 0 Å². The Bertz CT molecular complexity index is 585. The van der Waals surface area contributed by atoms with E-state index >= 15 is 0 Å². The van der Waals surface area contributed by atoms with E-state index in [9.17, 15) is 4.79 Å². The van der Waals surface area contributed by atoms with Gasteiger partial charge in [-0.05, 0) is 49.3 Å². The van der Waals surface area contributed by atoms with Gasteiger partial charge in [0, 0.05) is 18.0 Å². The summed E-state index contributed by atoms with van der Waals surface area (Å²) in [6.07, 6.45) is 6.83. The summed E-state index contributed by atoms with van der Waals surface area (Å²) in [5.41, 5.74) is 3.78.